The summed E-state index contributed by atoms with van der Waals surface area (Å²) in [6.07, 6.45) is 0.581. The molecule has 2 atom stereocenters. The molecule has 0 saturated carbocycles. The third-order valence-corrected chi connectivity index (χ3v) is 5.40. The first-order valence-corrected chi connectivity index (χ1v) is 9.40. The topological polar surface area (TPSA) is 96.0 Å². The van der Waals surface area contributed by atoms with Crippen LogP contribution in [0.2, 0.25) is 0 Å². The lowest BCUT2D eigenvalue weighted by Crippen LogP contribution is -2.59. The number of nitrogens with zero attached hydrogens (tertiary/aromatic N) is 2. The molecule has 0 aromatic heterocycles. The van der Waals surface area contributed by atoms with E-state index in [0.717, 1.165) is 4.47 Å². The summed E-state index contributed by atoms with van der Waals surface area (Å²) in [5.41, 5.74) is 0.505. The molecule has 8 nitrogen and oxygen atoms in total. The Morgan fingerprint density at radius 1 is 1.22 bits per heavy atom. The number of ketones is 1. The highest BCUT2D eigenvalue weighted by atomic mass is 79.9. The molecule has 9 heteroatoms. The maximum Gasteiger partial charge on any atom is 0.410 e. The van der Waals surface area contributed by atoms with Crippen molar-refractivity contribution in [1.29, 1.82) is 0 Å². The maximum atomic E-state index is 12.5. The van der Waals surface area contributed by atoms with E-state index in [9.17, 15) is 19.2 Å². The van der Waals surface area contributed by atoms with Crippen molar-refractivity contribution < 1.29 is 23.9 Å². The number of piperazine rings is 1. The normalized spacial score (nSPS) is 21.6. The van der Waals surface area contributed by atoms with Gasteiger partial charge in [0.2, 0.25) is 11.8 Å². The van der Waals surface area contributed by atoms with Gasteiger partial charge in [-0.05, 0) is 25.0 Å². The van der Waals surface area contributed by atoms with E-state index in [-0.39, 0.29) is 36.7 Å². The minimum Gasteiger partial charge on any atom is -0.453 e. The number of halogens is 1. The van der Waals surface area contributed by atoms with Crippen molar-refractivity contribution in [3.63, 3.8) is 0 Å². The van der Waals surface area contributed by atoms with E-state index in [1.807, 2.05) is 0 Å². The molecule has 2 saturated heterocycles. The van der Waals surface area contributed by atoms with Gasteiger partial charge >= 0.3 is 6.09 Å². The highest BCUT2D eigenvalue weighted by Crippen LogP contribution is 2.28. The predicted molar refractivity (Wildman–Crippen MR) is 99.1 cm³/mol. The van der Waals surface area contributed by atoms with Crippen molar-refractivity contribution in [2.45, 2.75) is 24.9 Å². The van der Waals surface area contributed by atoms with E-state index in [4.69, 9.17) is 0 Å². The summed E-state index contributed by atoms with van der Waals surface area (Å²) in [7, 11) is 1.27. The molecule has 2 fully saturated rings. The van der Waals surface area contributed by atoms with E-state index in [0.29, 0.717) is 24.9 Å². The number of benzene rings is 1. The second-order valence-electron chi connectivity index (χ2n) is 6.55. The molecule has 0 radical (unpaired) electrons. The molecule has 3 amide bonds. The molecule has 3 rings (SSSR count). The van der Waals surface area contributed by atoms with E-state index in [1.165, 1.54) is 12.0 Å². The number of carbonyl (C=O) groups is 4. The molecule has 1 aromatic rings. The van der Waals surface area contributed by atoms with Crippen LogP contribution >= 0.6 is 15.9 Å². The summed E-state index contributed by atoms with van der Waals surface area (Å²) >= 11 is 3.31. The zero-order chi connectivity index (χ0) is 19.6. The number of fused-ring (bicyclic) bond motifs is 1. The minimum atomic E-state index is -0.611. The van der Waals surface area contributed by atoms with Gasteiger partial charge in [0.05, 0.1) is 19.7 Å². The van der Waals surface area contributed by atoms with Crippen molar-refractivity contribution in [2.24, 2.45) is 0 Å². The van der Waals surface area contributed by atoms with E-state index in [2.05, 4.69) is 26.0 Å². The van der Waals surface area contributed by atoms with Crippen LogP contribution in [0.3, 0.4) is 0 Å². The summed E-state index contributed by atoms with van der Waals surface area (Å²) in [5.74, 6) is -0.830. The van der Waals surface area contributed by atoms with E-state index in [1.54, 1.807) is 29.2 Å². The van der Waals surface area contributed by atoms with Gasteiger partial charge < -0.3 is 15.0 Å². The SMILES string of the molecule is COC(=O)N1CC(=O)N2[C@@H](CC[C@H]2C(=O)NCC(=O)c2ccc(Br)cc2)C1. The van der Waals surface area contributed by atoms with Crippen LogP contribution in [-0.4, -0.2) is 72.3 Å². The summed E-state index contributed by atoms with van der Waals surface area (Å²) < 4.78 is 5.54. The Bertz CT molecular complexity index is 767. The summed E-state index contributed by atoms with van der Waals surface area (Å²) in [5, 5.41) is 2.64. The fourth-order valence-corrected chi connectivity index (χ4v) is 3.82. The van der Waals surface area contributed by atoms with Gasteiger partial charge in [0.1, 0.15) is 12.6 Å². The van der Waals surface area contributed by atoms with Crippen molar-refractivity contribution in [3.05, 3.63) is 34.3 Å². The van der Waals surface area contributed by atoms with E-state index < -0.39 is 12.1 Å². The number of carbonyl (C=O) groups excluding carboxylic acids is 4. The fraction of sp³-hybridized carbons (Fsp3) is 0.444. The molecule has 0 bridgehead atoms. The second-order valence-corrected chi connectivity index (χ2v) is 7.46. The number of amides is 3. The van der Waals surface area contributed by atoms with Gasteiger partial charge in [-0.1, -0.05) is 28.1 Å². The molecule has 1 aromatic carbocycles. The third-order valence-electron chi connectivity index (χ3n) is 4.87. The first-order chi connectivity index (χ1) is 12.9. The highest BCUT2D eigenvalue weighted by molar-refractivity contribution is 9.10. The second kappa shape index (κ2) is 8.08. The van der Waals surface area contributed by atoms with Crippen LogP contribution < -0.4 is 5.32 Å². The standard InChI is InChI=1S/C18H20BrN3O5/c1-27-18(26)21-9-13-6-7-14(22(13)16(24)10-21)17(25)20-8-15(23)11-2-4-12(19)5-3-11/h2-5,13-14H,6-10H2,1H3,(H,20,25)/t13-,14-/m0/s1. The first-order valence-electron chi connectivity index (χ1n) is 8.61. The Morgan fingerprint density at radius 3 is 2.59 bits per heavy atom. The Morgan fingerprint density at radius 2 is 1.93 bits per heavy atom. The molecular formula is C18H20BrN3O5. The van der Waals surface area contributed by atoms with E-state index >= 15 is 0 Å². The van der Waals surface area contributed by atoms with Crippen LogP contribution in [0, 0.1) is 0 Å². The molecule has 0 aliphatic carbocycles. The van der Waals surface area contributed by atoms with Crippen molar-refractivity contribution in [1.82, 2.24) is 15.1 Å². The largest absolute Gasteiger partial charge is 0.453 e. The number of rotatable bonds is 4. The first kappa shape index (κ1) is 19.3. The molecule has 2 aliphatic rings. The summed E-state index contributed by atoms with van der Waals surface area (Å²) in [4.78, 5) is 51.7. The smallest absolute Gasteiger partial charge is 0.410 e. The number of ether oxygens (including phenoxy) is 1. The van der Waals surface area contributed by atoms with Crippen LogP contribution in [0.4, 0.5) is 4.79 Å². The fourth-order valence-electron chi connectivity index (χ4n) is 3.55. The number of hydrogen-bond acceptors (Lipinski definition) is 5. The molecule has 0 unspecified atom stereocenters. The van der Waals surface area contributed by atoms with Gasteiger partial charge in [-0.2, -0.15) is 0 Å². The van der Waals surface area contributed by atoms with Gasteiger partial charge in [-0.3, -0.25) is 19.3 Å². The van der Waals surface area contributed by atoms with Gasteiger partial charge in [0, 0.05) is 16.6 Å². The van der Waals surface area contributed by atoms with Crippen molar-refractivity contribution in [2.75, 3.05) is 26.7 Å². The molecule has 2 heterocycles. The summed E-state index contributed by atoms with van der Waals surface area (Å²) in [6, 6.07) is 6.06. The zero-order valence-corrected chi connectivity index (χ0v) is 16.4. The van der Waals surface area contributed by atoms with Crippen LogP contribution in [-0.2, 0) is 14.3 Å². The Kier molecular flexibility index (Phi) is 5.79. The average Bonchev–Trinajstić information content (AvgIpc) is 3.10. The minimum absolute atomic E-state index is 0.106. The average molecular weight is 438 g/mol. The summed E-state index contributed by atoms with van der Waals surface area (Å²) in [6.45, 7) is 0.114. The zero-order valence-electron chi connectivity index (χ0n) is 14.8. The Balaban J connectivity index is 1.58. The molecule has 144 valence electrons. The third kappa shape index (κ3) is 4.13. The predicted octanol–water partition coefficient (Wildman–Crippen LogP) is 1.19. The number of methoxy groups -OCH3 is 1. The number of nitrogens with one attached hydrogen (secondary N) is 1. The Labute approximate surface area is 164 Å². The number of hydrogen-bond donors (Lipinski definition) is 1. The number of Topliss-reactive ketones (excluding diaryl/α,β-unsaturated/α-hetero) is 1. The lowest BCUT2D eigenvalue weighted by molar-refractivity contribution is -0.144. The maximum absolute atomic E-state index is 12.5. The van der Waals surface area contributed by atoms with Gasteiger partial charge in [-0.25, -0.2) is 4.79 Å². The van der Waals surface area contributed by atoms with Crippen molar-refractivity contribution >= 4 is 39.6 Å². The van der Waals surface area contributed by atoms with Gasteiger partial charge in [0.25, 0.3) is 0 Å². The van der Waals surface area contributed by atoms with Gasteiger partial charge in [0.15, 0.2) is 5.78 Å². The van der Waals surface area contributed by atoms with Gasteiger partial charge in [-0.15, -0.1) is 0 Å². The quantitative estimate of drug-likeness (QED) is 0.713. The highest BCUT2D eigenvalue weighted by Gasteiger charge is 2.45. The van der Waals surface area contributed by atoms with Crippen LogP contribution in [0.15, 0.2) is 28.7 Å². The molecule has 2 aliphatic heterocycles. The van der Waals surface area contributed by atoms with Crippen molar-refractivity contribution in [3.8, 4) is 0 Å². The lowest BCUT2D eigenvalue weighted by Gasteiger charge is -2.38. The van der Waals surface area contributed by atoms with Crippen LogP contribution in [0.25, 0.3) is 0 Å². The molecular weight excluding hydrogens is 418 g/mol. The van der Waals surface area contributed by atoms with Crippen LogP contribution in [0.5, 0.6) is 0 Å². The molecule has 27 heavy (non-hydrogen) atoms. The molecule has 1 N–H and O–H groups in total. The monoisotopic (exact) mass is 437 g/mol. The lowest BCUT2D eigenvalue weighted by atomic mass is 10.1. The van der Waals surface area contributed by atoms with Crippen LogP contribution in [0.1, 0.15) is 23.2 Å². The molecule has 0 spiro atoms. The Hall–Kier alpha value is -2.42.